The lowest BCUT2D eigenvalue weighted by Gasteiger charge is -2.49. The van der Waals surface area contributed by atoms with Crippen LogP contribution in [0.15, 0.2) is 60.7 Å². The molecule has 37 heavy (non-hydrogen) atoms. The van der Waals surface area contributed by atoms with Crippen LogP contribution in [0.4, 0.5) is 11.4 Å². The van der Waals surface area contributed by atoms with E-state index in [-0.39, 0.29) is 11.1 Å². The molecule has 188 valence electrons. The van der Waals surface area contributed by atoms with Gasteiger partial charge in [-0.2, -0.15) is 0 Å². The van der Waals surface area contributed by atoms with E-state index < -0.39 is 40.4 Å². The van der Waals surface area contributed by atoms with E-state index in [2.05, 4.69) is 0 Å². The van der Waals surface area contributed by atoms with Crippen molar-refractivity contribution in [3.05, 3.63) is 87.5 Å². The molecule has 2 aliphatic heterocycles. The van der Waals surface area contributed by atoms with Crippen molar-refractivity contribution in [3.8, 4) is 17.2 Å². The summed E-state index contributed by atoms with van der Waals surface area (Å²) < 4.78 is 15.9. The van der Waals surface area contributed by atoms with Crippen LogP contribution in [0.1, 0.15) is 32.3 Å². The molecule has 0 N–H and O–H groups in total. The maximum absolute atomic E-state index is 13.6. The van der Waals surface area contributed by atoms with Crippen molar-refractivity contribution < 1.29 is 33.5 Å². The lowest BCUT2D eigenvalue weighted by molar-refractivity contribution is -0.385. The van der Waals surface area contributed by atoms with Crippen molar-refractivity contribution in [1.29, 1.82) is 0 Å². The van der Waals surface area contributed by atoms with Crippen molar-refractivity contribution in [1.82, 2.24) is 4.90 Å². The van der Waals surface area contributed by atoms with E-state index in [1.807, 2.05) is 0 Å². The highest BCUT2D eigenvalue weighted by Crippen LogP contribution is 2.46. The molecule has 2 aliphatic rings. The van der Waals surface area contributed by atoms with E-state index in [9.17, 15) is 24.5 Å². The van der Waals surface area contributed by atoms with E-state index in [1.165, 1.54) is 38.4 Å². The van der Waals surface area contributed by atoms with Crippen molar-refractivity contribution >= 4 is 29.1 Å². The number of carbonyl (C=O) groups is 3. The van der Waals surface area contributed by atoms with Gasteiger partial charge in [0.05, 0.1) is 37.9 Å². The summed E-state index contributed by atoms with van der Waals surface area (Å²) >= 11 is 0. The third-order valence-electron chi connectivity index (χ3n) is 6.57. The van der Waals surface area contributed by atoms with Gasteiger partial charge in [0.2, 0.25) is 0 Å². The number of rotatable bonds is 7. The highest BCUT2D eigenvalue weighted by molar-refractivity contribution is 6.26. The Balaban J connectivity index is 1.61. The molecule has 0 radical (unpaired) electrons. The number of hydrogen-bond acceptors (Lipinski definition) is 8. The van der Waals surface area contributed by atoms with E-state index >= 15 is 0 Å². The molecule has 2 atom stereocenters. The molecule has 5 rings (SSSR count). The number of carbonyl (C=O) groups excluding carboxylic acids is 3. The molecule has 3 amide bonds. The van der Waals surface area contributed by atoms with Crippen molar-refractivity contribution in [2.45, 2.75) is 12.1 Å². The highest BCUT2D eigenvalue weighted by atomic mass is 16.6. The Morgan fingerprint density at radius 3 is 2.11 bits per heavy atom. The summed E-state index contributed by atoms with van der Waals surface area (Å²) in [7, 11) is 4.48. The summed E-state index contributed by atoms with van der Waals surface area (Å²) in [5.41, 5.74) is 0.175. The standard InChI is InChI=1S/C26H21N3O8/c1-35-16-10-8-15(9-11-16)27-22(14-7-12-19(36-2)20(13-14)37-3)23(26(27)32)28-24(30)17-5-4-6-18(29(33)34)21(17)25(28)31/h4-13,22-23H,1-3H3/t22-,23+/m1/s1. The van der Waals surface area contributed by atoms with Gasteiger partial charge in [-0.15, -0.1) is 0 Å². The van der Waals surface area contributed by atoms with Crippen LogP contribution < -0.4 is 19.1 Å². The first-order chi connectivity index (χ1) is 17.8. The largest absolute Gasteiger partial charge is 0.497 e. The number of fused-ring (bicyclic) bond motifs is 1. The SMILES string of the molecule is COc1ccc(N2C(=O)[C@@H](N3C(=O)c4cccc([N+](=O)[O-])c4C3=O)[C@H]2c2ccc(OC)c(OC)c2)cc1. The number of ether oxygens (including phenoxy) is 3. The predicted molar refractivity (Wildman–Crippen MR) is 130 cm³/mol. The second kappa shape index (κ2) is 8.94. The van der Waals surface area contributed by atoms with Crippen LogP contribution in [-0.4, -0.2) is 54.9 Å². The topological polar surface area (TPSA) is 129 Å². The number of anilines is 1. The predicted octanol–water partition coefficient (Wildman–Crippen LogP) is 3.37. The first kappa shape index (κ1) is 23.8. The molecule has 0 aliphatic carbocycles. The number of nitrogens with zero attached hydrogens (tertiary/aromatic N) is 3. The minimum Gasteiger partial charge on any atom is -0.497 e. The molecule has 3 aromatic rings. The monoisotopic (exact) mass is 503 g/mol. The number of methoxy groups -OCH3 is 3. The van der Waals surface area contributed by atoms with Gasteiger partial charge in [0, 0.05) is 11.8 Å². The Morgan fingerprint density at radius 2 is 1.49 bits per heavy atom. The van der Waals surface area contributed by atoms with Gasteiger partial charge in [0.1, 0.15) is 17.4 Å². The molecule has 1 fully saturated rings. The van der Waals surface area contributed by atoms with Crippen LogP contribution in [0.2, 0.25) is 0 Å². The van der Waals surface area contributed by atoms with E-state index in [4.69, 9.17) is 14.2 Å². The average Bonchev–Trinajstić information content (AvgIpc) is 3.16. The van der Waals surface area contributed by atoms with Gasteiger partial charge in [0.15, 0.2) is 11.5 Å². The fourth-order valence-electron chi connectivity index (χ4n) is 4.81. The van der Waals surface area contributed by atoms with Crippen LogP contribution >= 0.6 is 0 Å². The molecular formula is C26H21N3O8. The Kier molecular flexibility index (Phi) is 5.75. The quantitative estimate of drug-likeness (QED) is 0.208. The summed E-state index contributed by atoms with van der Waals surface area (Å²) in [5, 5.41) is 11.6. The van der Waals surface area contributed by atoms with Gasteiger partial charge in [0.25, 0.3) is 23.4 Å². The lowest BCUT2D eigenvalue weighted by atomic mass is 9.86. The second-order valence-corrected chi connectivity index (χ2v) is 8.35. The second-order valence-electron chi connectivity index (χ2n) is 8.35. The fraction of sp³-hybridized carbons (Fsp3) is 0.192. The number of nitro groups is 1. The van der Waals surface area contributed by atoms with Gasteiger partial charge >= 0.3 is 0 Å². The first-order valence-electron chi connectivity index (χ1n) is 11.2. The highest BCUT2D eigenvalue weighted by Gasteiger charge is 2.58. The molecule has 0 bridgehead atoms. The first-order valence-corrected chi connectivity index (χ1v) is 11.2. The van der Waals surface area contributed by atoms with E-state index in [0.29, 0.717) is 28.5 Å². The number of β-lactam (4-membered cyclic amide) rings is 1. The van der Waals surface area contributed by atoms with E-state index in [0.717, 1.165) is 11.0 Å². The van der Waals surface area contributed by atoms with Gasteiger partial charge in [-0.05, 0) is 48.0 Å². The molecular weight excluding hydrogens is 482 g/mol. The zero-order valence-electron chi connectivity index (χ0n) is 20.0. The Morgan fingerprint density at radius 1 is 0.784 bits per heavy atom. The molecule has 0 spiro atoms. The van der Waals surface area contributed by atoms with Gasteiger partial charge in [-0.25, -0.2) is 0 Å². The smallest absolute Gasteiger partial charge is 0.282 e. The summed E-state index contributed by atoms with van der Waals surface area (Å²) in [5.74, 6) is -0.718. The fourth-order valence-corrected chi connectivity index (χ4v) is 4.81. The maximum atomic E-state index is 13.6. The molecule has 11 nitrogen and oxygen atoms in total. The number of amides is 3. The normalized spacial score (nSPS) is 18.4. The molecule has 0 saturated carbocycles. The third kappa shape index (κ3) is 3.54. The molecule has 1 saturated heterocycles. The Hall–Kier alpha value is -4.93. The average molecular weight is 503 g/mol. The van der Waals surface area contributed by atoms with Crippen LogP contribution in [0.25, 0.3) is 0 Å². The minimum atomic E-state index is -1.23. The van der Waals surface area contributed by atoms with Gasteiger partial charge in [-0.3, -0.25) is 29.4 Å². The van der Waals surface area contributed by atoms with Gasteiger partial charge < -0.3 is 19.1 Å². The maximum Gasteiger partial charge on any atom is 0.282 e. The number of benzene rings is 3. The Bertz CT molecular complexity index is 1450. The summed E-state index contributed by atoms with van der Waals surface area (Å²) in [4.78, 5) is 53.5. The summed E-state index contributed by atoms with van der Waals surface area (Å²) in [6.07, 6.45) is 0. The van der Waals surface area contributed by atoms with E-state index in [1.54, 1.807) is 42.5 Å². The molecule has 0 unspecified atom stereocenters. The summed E-state index contributed by atoms with van der Waals surface area (Å²) in [6, 6.07) is 13.6. The number of nitro benzene ring substituents is 1. The molecule has 11 heteroatoms. The molecule has 3 aromatic carbocycles. The minimum absolute atomic E-state index is 0.110. The zero-order chi connectivity index (χ0) is 26.4. The van der Waals surface area contributed by atoms with Crippen molar-refractivity contribution in [3.63, 3.8) is 0 Å². The van der Waals surface area contributed by atoms with Crippen LogP contribution in [-0.2, 0) is 4.79 Å². The van der Waals surface area contributed by atoms with Crippen LogP contribution in [0, 0.1) is 10.1 Å². The third-order valence-corrected chi connectivity index (χ3v) is 6.57. The number of imide groups is 1. The molecule has 2 heterocycles. The van der Waals surface area contributed by atoms with Crippen molar-refractivity contribution in [2.75, 3.05) is 26.2 Å². The van der Waals surface area contributed by atoms with Gasteiger partial charge in [-0.1, -0.05) is 12.1 Å². The molecule has 0 aromatic heterocycles. The Labute approximate surface area is 210 Å². The van der Waals surface area contributed by atoms with Crippen molar-refractivity contribution in [2.24, 2.45) is 0 Å². The summed E-state index contributed by atoms with van der Waals surface area (Å²) in [6.45, 7) is 0. The number of hydrogen-bond donors (Lipinski definition) is 0. The van der Waals surface area contributed by atoms with Crippen LogP contribution in [0.3, 0.4) is 0 Å². The van der Waals surface area contributed by atoms with Crippen LogP contribution in [0.5, 0.6) is 17.2 Å². The zero-order valence-corrected chi connectivity index (χ0v) is 20.0. The lowest BCUT2D eigenvalue weighted by Crippen LogP contribution is -2.67.